The van der Waals surface area contributed by atoms with E-state index in [-0.39, 0.29) is 62.2 Å². The molecule has 2 aliphatic rings. The third kappa shape index (κ3) is 16.5. The number of likely N-dealkylation sites (N-methyl/N-ethyl adjacent to an activating group) is 3. The Morgan fingerprint density at radius 1 is 0.672 bits per heavy atom. The average molecular weight is 858 g/mol. The molecular formula is C46H79N7O8. The van der Waals surface area contributed by atoms with Crippen molar-refractivity contribution < 1.29 is 38.3 Å². The fourth-order valence-electron chi connectivity index (χ4n) is 8.47. The van der Waals surface area contributed by atoms with Crippen LogP contribution in [0.3, 0.4) is 0 Å². The minimum Gasteiger partial charge on any atom is -0.451 e. The Morgan fingerprint density at radius 2 is 1.20 bits per heavy atom. The van der Waals surface area contributed by atoms with Crippen LogP contribution >= 0.6 is 0 Å². The quantitative estimate of drug-likeness (QED) is 0.184. The fourth-order valence-corrected chi connectivity index (χ4v) is 8.47. The van der Waals surface area contributed by atoms with Crippen LogP contribution in [0.1, 0.15) is 158 Å². The minimum absolute atomic E-state index is 0.0240. The molecule has 3 N–H and O–H groups in total. The van der Waals surface area contributed by atoms with Gasteiger partial charge in [-0.3, -0.25) is 28.8 Å². The van der Waals surface area contributed by atoms with Crippen molar-refractivity contribution in [2.45, 2.75) is 200 Å². The summed E-state index contributed by atoms with van der Waals surface area (Å²) in [6.45, 7) is 15.1. The van der Waals surface area contributed by atoms with Crippen LogP contribution in [0.4, 0.5) is 0 Å². The minimum atomic E-state index is -1.46. The van der Waals surface area contributed by atoms with Gasteiger partial charge < -0.3 is 35.4 Å². The third-order valence-corrected chi connectivity index (χ3v) is 12.4. The highest BCUT2D eigenvalue weighted by atomic mass is 16.5. The molecule has 0 radical (unpaired) electrons. The number of esters is 1. The Kier molecular flexibility index (Phi) is 22.8. The highest BCUT2D eigenvalue weighted by Gasteiger charge is 2.41. The summed E-state index contributed by atoms with van der Waals surface area (Å²) >= 11 is 0. The smallest absolute Gasteiger partial charge is 0.329 e. The van der Waals surface area contributed by atoms with E-state index in [0.717, 1.165) is 51.4 Å². The summed E-state index contributed by atoms with van der Waals surface area (Å²) in [6.07, 6.45) is 7.73. The van der Waals surface area contributed by atoms with E-state index in [1.165, 1.54) is 35.7 Å². The molecular weight excluding hydrogens is 779 g/mol. The summed E-state index contributed by atoms with van der Waals surface area (Å²) in [5, 5.41) is 18.1. The second-order valence-corrected chi connectivity index (χ2v) is 18.6. The number of hydrogen-bond acceptors (Lipinski definition) is 9. The van der Waals surface area contributed by atoms with Crippen molar-refractivity contribution in [2.24, 2.45) is 23.7 Å². The van der Waals surface area contributed by atoms with Crippen molar-refractivity contribution in [1.82, 2.24) is 30.7 Å². The van der Waals surface area contributed by atoms with Crippen molar-refractivity contribution >= 4 is 41.4 Å². The summed E-state index contributed by atoms with van der Waals surface area (Å²) in [4.78, 5) is 104. The van der Waals surface area contributed by atoms with Crippen LogP contribution in [-0.2, 0) is 38.3 Å². The summed E-state index contributed by atoms with van der Waals surface area (Å²) < 4.78 is 5.72. The molecule has 1 aliphatic heterocycles. The van der Waals surface area contributed by atoms with Gasteiger partial charge in [-0.1, -0.05) is 106 Å². The lowest BCUT2D eigenvalue weighted by molar-refractivity contribution is -0.163. The number of nitrogens with one attached hydrogen (secondary N) is 3. The number of cyclic esters (lactones) is 1. The first-order valence-corrected chi connectivity index (χ1v) is 23.1. The average Bonchev–Trinajstić information content (AvgIpc) is 3.22. The van der Waals surface area contributed by atoms with Gasteiger partial charge in [-0.15, -0.1) is 0 Å². The van der Waals surface area contributed by atoms with Gasteiger partial charge in [0.2, 0.25) is 29.5 Å². The zero-order valence-corrected chi connectivity index (χ0v) is 39.2. The highest BCUT2D eigenvalue weighted by Crippen LogP contribution is 2.29. The molecule has 8 atom stereocenters. The van der Waals surface area contributed by atoms with Gasteiger partial charge in [0, 0.05) is 34.0 Å². The van der Waals surface area contributed by atoms with E-state index >= 15 is 0 Å². The number of carbonyl (C=O) groups excluding carboxylic acids is 7. The lowest BCUT2D eigenvalue weighted by atomic mass is 9.84. The molecule has 0 spiro atoms. The normalized spacial score (nSPS) is 27.0. The van der Waals surface area contributed by atoms with E-state index in [1.807, 2.05) is 47.6 Å². The number of rotatable bonds is 15. The molecule has 0 aromatic rings. The maximum absolute atomic E-state index is 14.7. The van der Waals surface area contributed by atoms with Crippen LogP contribution < -0.4 is 16.0 Å². The molecule has 2 fully saturated rings. The number of ether oxygens (including phenoxy) is 1. The van der Waals surface area contributed by atoms with Gasteiger partial charge >= 0.3 is 5.97 Å². The SMILES string of the molecule is CCCC[C@@H](C)C[C@@H]1NC(=O)[C@H](CC2CCCCC2)N(C)C(=O)[C@H](CC(C)C)NC(=O)[C@H](CC(C)C)N(C)C(=O)[C@H](CCC)NC(=O)[C@@H](CCC#N)OC(=O)[C@H](C)N(C)C1=O. The lowest BCUT2D eigenvalue weighted by Crippen LogP contribution is -2.60. The zero-order valence-electron chi connectivity index (χ0n) is 39.2. The van der Waals surface area contributed by atoms with Gasteiger partial charge in [0.05, 0.1) is 6.07 Å². The molecule has 15 heteroatoms. The van der Waals surface area contributed by atoms with Crippen LogP contribution in [0, 0.1) is 35.0 Å². The molecule has 0 aromatic heterocycles. The number of amides is 6. The van der Waals surface area contributed by atoms with Gasteiger partial charge in [-0.25, -0.2) is 4.79 Å². The van der Waals surface area contributed by atoms with Gasteiger partial charge in [0.15, 0.2) is 6.10 Å². The molecule has 0 aromatic carbocycles. The zero-order chi connectivity index (χ0) is 46.0. The standard InChI is InChI=1S/C46H79N7O8/c1-12-14-20-31(7)27-36-44(58)51(9)32(8)46(60)61-39(23-18-24-47)42(56)48-34(19-13-2)43(57)52(10)37(26-30(5)6)40(54)49-35(25-29(3)4)45(59)53(11)38(41(55)50-36)28-33-21-16-15-17-22-33/h29-39H,12-23,25-28H2,1-11H3,(H,48,56)(H,49,54)(H,50,55)/t31-,32+,34+,35+,36+,37+,38+,39-/m1/s1. The molecule has 0 unspecified atom stereocenters. The van der Waals surface area contributed by atoms with Crippen LogP contribution in [0.15, 0.2) is 0 Å². The molecule has 0 bridgehead atoms. The van der Waals surface area contributed by atoms with E-state index < -0.39 is 83.8 Å². The van der Waals surface area contributed by atoms with E-state index in [0.29, 0.717) is 12.8 Å². The van der Waals surface area contributed by atoms with Gasteiger partial charge in [-0.05, 0) is 62.7 Å². The second kappa shape index (κ2) is 26.3. The van der Waals surface area contributed by atoms with E-state index in [9.17, 15) is 38.8 Å². The topological polar surface area (TPSA) is 198 Å². The Hall–Kier alpha value is -4.22. The van der Waals surface area contributed by atoms with E-state index in [4.69, 9.17) is 4.74 Å². The van der Waals surface area contributed by atoms with Crippen molar-refractivity contribution in [3.05, 3.63) is 0 Å². The number of carbonyl (C=O) groups is 7. The summed E-state index contributed by atoms with van der Waals surface area (Å²) in [5.74, 6) is -4.13. The van der Waals surface area contributed by atoms with Crippen LogP contribution in [0.25, 0.3) is 0 Å². The van der Waals surface area contributed by atoms with E-state index in [1.54, 1.807) is 7.05 Å². The number of nitrogens with zero attached hydrogens (tertiary/aromatic N) is 4. The Balaban J connectivity index is 2.83. The molecule has 346 valence electrons. The Labute approximate surface area is 366 Å². The number of nitriles is 1. The molecule has 1 aliphatic carbocycles. The molecule has 6 amide bonds. The number of hydrogen-bond donors (Lipinski definition) is 3. The second-order valence-electron chi connectivity index (χ2n) is 18.6. The largest absolute Gasteiger partial charge is 0.451 e. The number of unbranched alkanes of at least 4 members (excludes halogenated alkanes) is 1. The summed E-state index contributed by atoms with van der Waals surface area (Å²) in [5.41, 5.74) is 0. The lowest BCUT2D eigenvalue weighted by Gasteiger charge is -2.37. The molecule has 61 heavy (non-hydrogen) atoms. The Bertz CT molecular complexity index is 1510. The summed E-state index contributed by atoms with van der Waals surface area (Å²) in [6, 6.07) is -4.38. The molecule has 2 rings (SSSR count). The Morgan fingerprint density at radius 3 is 1.75 bits per heavy atom. The first kappa shape index (κ1) is 52.9. The monoisotopic (exact) mass is 858 g/mol. The predicted molar refractivity (Wildman–Crippen MR) is 234 cm³/mol. The van der Waals surface area contributed by atoms with E-state index in [2.05, 4.69) is 22.9 Å². The van der Waals surface area contributed by atoms with Gasteiger partial charge in [-0.2, -0.15) is 5.26 Å². The van der Waals surface area contributed by atoms with Crippen LogP contribution in [-0.4, -0.2) is 120 Å². The molecule has 1 saturated heterocycles. The fraction of sp³-hybridized carbons (Fsp3) is 0.826. The molecule has 15 nitrogen and oxygen atoms in total. The molecule has 1 saturated carbocycles. The van der Waals surface area contributed by atoms with Crippen molar-refractivity contribution in [1.29, 1.82) is 5.26 Å². The van der Waals surface area contributed by atoms with Gasteiger partial charge in [0.1, 0.15) is 36.3 Å². The predicted octanol–water partition coefficient (Wildman–Crippen LogP) is 5.25. The van der Waals surface area contributed by atoms with Crippen molar-refractivity contribution in [2.75, 3.05) is 21.1 Å². The maximum Gasteiger partial charge on any atom is 0.329 e. The third-order valence-electron chi connectivity index (χ3n) is 12.4. The van der Waals surface area contributed by atoms with Crippen molar-refractivity contribution in [3.8, 4) is 6.07 Å². The first-order valence-electron chi connectivity index (χ1n) is 23.1. The maximum atomic E-state index is 14.7. The highest BCUT2D eigenvalue weighted by molar-refractivity contribution is 5.97. The van der Waals surface area contributed by atoms with Crippen LogP contribution in [0.2, 0.25) is 0 Å². The molecule has 1 heterocycles. The van der Waals surface area contributed by atoms with Crippen molar-refractivity contribution in [3.63, 3.8) is 0 Å². The van der Waals surface area contributed by atoms with Crippen LogP contribution in [0.5, 0.6) is 0 Å². The summed E-state index contributed by atoms with van der Waals surface area (Å²) in [7, 11) is 4.52. The first-order chi connectivity index (χ1) is 28.8. The van der Waals surface area contributed by atoms with Gasteiger partial charge in [0.25, 0.3) is 5.91 Å².